The molecule has 9 heteroatoms. The molecule has 1 amide bonds. The van der Waals surface area contributed by atoms with Crippen molar-refractivity contribution in [3.05, 3.63) is 84.3 Å². The van der Waals surface area contributed by atoms with Gasteiger partial charge in [-0.15, -0.1) is 0 Å². The van der Waals surface area contributed by atoms with Crippen LogP contribution < -0.4 is 9.47 Å². The van der Waals surface area contributed by atoms with Gasteiger partial charge in [0.05, 0.1) is 24.5 Å². The number of nitrogens with zero attached hydrogens (tertiary/aromatic N) is 5. The van der Waals surface area contributed by atoms with E-state index in [1.54, 1.807) is 47.6 Å². The van der Waals surface area contributed by atoms with Crippen molar-refractivity contribution >= 4 is 11.4 Å². The molecule has 0 aliphatic carbocycles. The Hall–Kier alpha value is -4.71. The number of halogens is 1. The largest absolute Gasteiger partial charge is 0.494 e. The first-order chi connectivity index (χ1) is 19.7. The number of hydrogen-bond donors (Lipinski definition) is 0. The van der Waals surface area contributed by atoms with E-state index in [2.05, 4.69) is 11.1 Å². The molecule has 1 fully saturated rings. The molecule has 0 spiro atoms. The minimum Gasteiger partial charge on any atom is -0.494 e. The molecule has 2 aromatic carbocycles. The van der Waals surface area contributed by atoms with Crippen molar-refractivity contribution in [3.63, 3.8) is 0 Å². The van der Waals surface area contributed by atoms with Gasteiger partial charge in [0.1, 0.15) is 23.2 Å². The Morgan fingerprint density at radius 3 is 2.63 bits per heavy atom. The van der Waals surface area contributed by atoms with Gasteiger partial charge in [0.2, 0.25) is 5.82 Å². The smallest absolute Gasteiger partial charge is 0.264 e. The second-order valence-corrected chi connectivity index (χ2v) is 11.2. The number of carbonyl (C=O) groups excluding carboxylic acids is 1. The average molecular weight is 554 g/mol. The number of allylic oxidation sites excluding steroid dienone is 1. The molecule has 41 heavy (non-hydrogen) atoms. The van der Waals surface area contributed by atoms with Crippen LogP contribution in [0.4, 0.5) is 4.39 Å². The number of methoxy groups -OCH3 is 1. The first kappa shape index (κ1) is 27.8. The normalized spacial score (nSPS) is 16.0. The molecule has 4 aromatic rings. The van der Waals surface area contributed by atoms with Gasteiger partial charge in [0, 0.05) is 37.0 Å². The van der Waals surface area contributed by atoms with Crippen LogP contribution in [0.25, 0.3) is 16.8 Å². The average Bonchev–Trinajstić information content (AvgIpc) is 3.36. The SMILES string of the molecule is COc1cccc(Oc2ccc(-c3nc([C@@H]4CCCN(C(=O)/C(C#N)=C/C(C)(C)C)C4)n4ccncc34)cc2)c1F. The maximum atomic E-state index is 14.6. The van der Waals surface area contributed by atoms with Crippen molar-refractivity contribution in [1.82, 2.24) is 19.3 Å². The fourth-order valence-corrected chi connectivity index (χ4v) is 5.11. The molecule has 3 heterocycles. The molecular weight excluding hydrogens is 521 g/mol. The summed E-state index contributed by atoms with van der Waals surface area (Å²) in [5.74, 6) is 0.686. The number of hydrogen-bond acceptors (Lipinski definition) is 6. The number of benzene rings is 2. The van der Waals surface area contributed by atoms with E-state index in [9.17, 15) is 14.4 Å². The number of rotatable bonds is 6. The van der Waals surface area contributed by atoms with Crippen molar-refractivity contribution in [2.75, 3.05) is 20.2 Å². The summed E-state index contributed by atoms with van der Waals surface area (Å²) in [6.45, 7) is 6.99. The second kappa shape index (κ2) is 11.4. The lowest BCUT2D eigenvalue weighted by atomic mass is 9.92. The van der Waals surface area contributed by atoms with Crippen LogP contribution in [-0.2, 0) is 4.79 Å². The summed E-state index contributed by atoms with van der Waals surface area (Å²) < 4.78 is 27.4. The number of amides is 1. The van der Waals surface area contributed by atoms with Gasteiger partial charge in [-0.1, -0.05) is 32.9 Å². The summed E-state index contributed by atoms with van der Waals surface area (Å²) >= 11 is 0. The van der Waals surface area contributed by atoms with Crippen molar-refractivity contribution in [3.8, 4) is 34.6 Å². The molecule has 0 N–H and O–H groups in total. The maximum Gasteiger partial charge on any atom is 0.264 e. The van der Waals surface area contributed by atoms with Crippen molar-refractivity contribution in [2.45, 2.75) is 39.5 Å². The molecule has 5 rings (SSSR count). The molecule has 0 bridgehead atoms. The van der Waals surface area contributed by atoms with Crippen LogP contribution in [0, 0.1) is 22.6 Å². The van der Waals surface area contributed by atoms with E-state index >= 15 is 0 Å². The number of imidazole rings is 1. The summed E-state index contributed by atoms with van der Waals surface area (Å²) in [6.07, 6.45) is 8.79. The molecule has 2 aromatic heterocycles. The van der Waals surface area contributed by atoms with Gasteiger partial charge in [-0.05, 0) is 54.7 Å². The summed E-state index contributed by atoms with van der Waals surface area (Å²) in [4.78, 5) is 24.4. The molecular formula is C32H32FN5O3. The van der Waals surface area contributed by atoms with E-state index in [0.29, 0.717) is 18.8 Å². The van der Waals surface area contributed by atoms with Crippen LogP contribution in [0.5, 0.6) is 17.2 Å². The summed E-state index contributed by atoms with van der Waals surface area (Å²) in [5, 5.41) is 9.66. The van der Waals surface area contributed by atoms with Crippen LogP contribution >= 0.6 is 0 Å². The van der Waals surface area contributed by atoms with Gasteiger partial charge in [0.25, 0.3) is 5.91 Å². The summed E-state index contributed by atoms with van der Waals surface area (Å²) in [7, 11) is 1.41. The third-order valence-electron chi connectivity index (χ3n) is 6.98. The van der Waals surface area contributed by atoms with Crippen molar-refractivity contribution < 1.29 is 18.7 Å². The predicted molar refractivity (Wildman–Crippen MR) is 153 cm³/mol. The van der Waals surface area contributed by atoms with Gasteiger partial charge in [-0.2, -0.15) is 9.65 Å². The van der Waals surface area contributed by atoms with Gasteiger partial charge < -0.3 is 14.4 Å². The summed E-state index contributed by atoms with van der Waals surface area (Å²) in [5.41, 5.74) is 2.33. The number of ether oxygens (including phenoxy) is 2. The van der Waals surface area contributed by atoms with Crippen LogP contribution in [0.15, 0.2) is 72.7 Å². The molecule has 0 radical (unpaired) electrons. The molecule has 0 unspecified atom stereocenters. The van der Waals surface area contributed by atoms with Gasteiger partial charge in [-0.25, -0.2) is 4.98 Å². The highest BCUT2D eigenvalue weighted by Gasteiger charge is 2.30. The number of aromatic nitrogens is 3. The van der Waals surface area contributed by atoms with E-state index in [1.165, 1.54) is 13.2 Å². The van der Waals surface area contributed by atoms with Gasteiger partial charge in [-0.3, -0.25) is 14.2 Å². The van der Waals surface area contributed by atoms with Gasteiger partial charge in [0.15, 0.2) is 11.5 Å². The molecule has 1 saturated heterocycles. The lowest BCUT2D eigenvalue weighted by Gasteiger charge is -2.32. The second-order valence-electron chi connectivity index (χ2n) is 11.2. The Kier molecular flexibility index (Phi) is 7.75. The Morgan fingerprint density at radius 1 is 1.17 bits per heavy atom. The van der Waals surface area contributed by atoms with Crippen LogP contribution in [0.3, 0.4) is 0 Å². The van der Waals surface area contributed by atoms with Crippen LogP contribution in [0.1, 0.15) is 45.4 Å². The zero-order valence-electron chi connectivity index (χ0n) is 23.6. The molecule has 210 valence electrons. The fourth-order valence-electron chi connectivity index (χ4n) is 5.11. The van der Waals surface area contributed by atoms with Crippen molar-refractivity contribution in [2.24, 2.45) is 5.41 Å². The lowest BCUT2D eigenvalue weighted by Crippen LogP contribution is -2.40. The molecule has 1 aliphatic heterocycles. The monoisotopic (exact) mass is 553 g/mol. The number of nitriles is 1. The van der Waals surface area contributed by atoms with E-state index < -0.39 is 5.82 Å². The van der Waals surface area contributed by atoms with E-state index in [4.69, 9.17) is 14.5 Å². The number of fused-ring (bicyclic) bond motifs is 1. The minimum atomic E-state index is -0.564. The minimum absolute atomic E-state index is 0.00966. The lowest BCUT2D eigenvalue weighted by molar-refractivity contribution is -0.128. The Bertz CT molecular complexity index is 1650. The van der Waals surface area contributed by atoms with Crippen LogP contribution in [-0.4, -0.2) is 45.4 Å². The summed E-state index contributed by atoms with van der Waals surface area (Å²) in [6, 6.07) is 14.1. The third-order valence-corrected chi connectivity index (χ3v) is 6.98. The number of likely N-dealkylation sites (tertiary alicyclic amines) is 1. The standard InChI is InChI=1S/C32H32FN5O3/c1-32(2,3)17-23(18-34)31(39)37-15-6-7-22(20-37)30-36-29(25-19-35-14-16-38(25)30)21-10-12-24(13-11-21)41-27-9-5-8-26(40-4)28(27)33/h5,8-14,16-17,19,22H,6-7,15,20H2,1-4H3/b23-17+/t22-/m1/s1. The van der Waals surface area contributed by atoms with E-state index in [-0.39, 0.29) is 34.3 Å². The predicted octanol–water partition coefficient (Wildman–Crippen LogP) is 6.54. The van der Waals surface area contributed by atoms with E-state index in [0.717, 1.165) is 35.4 Å². The zero-order valence-corrected chi connectivity index (χ0v) is 23.6. The molecule has 8 nitrogen and oxygen atoms in total. The highest BCUT2D eigenvalue weighted by atomic mass is 19.1. The number of piperidine rings is 1. The quantitative estimate of drug-likeness (QED) is 0.199. The van der Waals surface area contributed by atoms with E-state index in [1.807, 2.05) is 43.5 Å². The topological polar surface area (TPSA) is 92.8 Å². The Morgan fingerprint density at radius 2 is 1.93 bits per heavy atom. The highest BCUT2D eigenvalue weighted by Crippen LogP contribution is 2.35. The first-order valence-corrected chi connectivity index (χ1v) is 13.5. The Labute approximate surface area is 238 Å². The third kappa shape index (κ3) is 5.92. The van der Waals surface area contributed by atoms with Gasteiger partial charge >= 0.3 is 0 Å². The Balaban J connectivity index is 1.42. The molecule has 1 atom stereocenters. The van der Waals surface area contributed by atoms with Crippen molar-refractivity contribution in [1.29, 1.82) is 5.26 Å². The van der Waals surface area contributed by atoms with Crippen LogP contribution in [0.2, 0.25) is 0 Å². The maximum absolute atomic E-state index is 14.6. The highest BCUT2D eigenvalue weighted by molar-refractivity contribution is 5.97. The number of carbonyl (C=O) groups is 1. The first-order valence-electron chi connectivity index (χ1n) is 13.5. The zero-order chi connectivity index (χ0) is 29.1. The molecule has 1 aliphatic rings. The fraction of sp³-hybridized carbons (Fsp3) is 0.312. The molecule has 0 saturated carbocycles.